The van der Waals surface area contributed by atoms with E-state index in [1.54, 1.807) is 7.11 Å². The zero-order valence-electron chi connectivity index (χ0n) is 9.81. The van der Waals surface area contributed by atoms with Gasteiger partial charge in [0.15, 0.2) is 5.82 Å². The second kappa shape index (κ2) is 4.65. The topological polar surface area (TPSA) is 64.3 Å². The SMILES string of the molecule is COCc1nc(N)cc(N(C)CC2CC2)n1. The quantitative estimate of drug-likeness (QED) is 0.806. The van der Waals surface area contributed by atoms with Crippen molar-refractivity contribution < 1.29 is 4.74 Å². The van der Waals surface area contributed by atoms with Crippen LogP contribution in [0.3, 0.4) is 0 Å². The molecule has 1 aliphatic carbocycles. The molecule has 1 heterocycles. The Morgan fingerprint density at radius 3 is 2.88 bits per heavy atom. The number of nitrogen functional groups attached to an aromatic ring is 1. The van der Waals surface area contributed by atoms with E-state index >= 15 is 0 Å². The van der Waals surface area contributed by atoms with Crippen molar-refractivity contribution in [2.45, 2.75) is 19.4 Å². The van der Waals surface area contributed by atoms with Crippen molar-refractivity contribution in [1.29, 1.82) is 0 Å². The molecule has 88 valence electrons. The van der Waals surface area contributed by atoms with E-state index in [0.717, 1.165) is 18.3 Å². The van der Waals surface area contributed by atoms with E-state index in [1.165, 1.54) is 12.8 Å². The first-order chi connectivity index (χ1) is 7.69. The van der Waals surface area contributed by atoms with Gasteiger partial charge in [-0.25, -0.2) is 9.97 Å². The first-order valence-corrected chi connectivity index (χ1v) is 5.52. The lowest BCUT2D eigenvalue weighted by molar-refractivity contribution is 0.178. The van der Waals surface area contributed by atoms with Crippen molar-refractivity contribution >= 4 is 11.6 Å². The van der Waals surface area contributed by atoms with Crippen molar-refractivity contribution in [3.05, 3.63) is 11.9 Å². The largest absolute Gasteiger partial charge is 0.384 e. The lowest BCUT2D eigenvalue weighted by Gasteiger charge is -2.18. The summed E-state index contributed by atoms with van der Waals surface area (Å²) in [6.45, 7) is 1.44. The first-order valence-electron chi connectivity index (χ1n) is 5.52. The van der Waals surface area contributed by atoms with Gasteiger partial charge in [0, 0.05) is 26.8 Å². The molecule has 0 bridgehead atoms. The number of hydrogen-bond acceptors (Lipinski definition) is 5. The van der Waals surface area contributed by atoms with Gasteiger partial charge in [0.1, 0.15) is 18.2 Å². The number of aromatic nitrogens is 2. The molecule has 0 aromatic carbocycles. The maximum absolute atomic E-state index is 5.74. The van der Waals surface area contributed by atoms with Crippen LogP contribution in [0, 0.1) is 5.92 Å². The summed E-state index contributed by atoms with van der Waals surface area (Å²) < 4.78 is 5.01. The highest BCUT2D eigenvalue weighted by atomic mass is 16.5. The first kappa shape index (κ1) is 11.1. The minimum atomic E-state index is 0.398. The Hall–Kier alpha value is -1.36. The van der Waals surface area contributed by atoms with Crippen LogP contribution < -0.4 is 10.6 Å². The minimum absolute atomic E-state index is 0.398. The maximum Gasteiger partial charge on any atom is 0.158 e. The fraction of sp³-hybridized carbons (Fsp3) is 0.636. The number of anilines is 2. The predicted molar refractivity (Wildman–Crippen MR) is 63.2 cm³/mol. The fourth-order valence-electron chi connectivity index (χ4n) is 1.67. The van der Waals surface area contributed by atoms with Crippen molar-refractivity contribution in [1.82, 2.24) is 9.97 Å². The molecule has 1 aromatic heterocycles. The average molecular weight is 222 g/mol. The molecule has 0 unspecified atom stereocenters. The standard InChI is InChI=1S/C11H18N4O/c1-15(6-8-3-4-8)11-5-9(12)13-10(14-11)7-16-2/h5,8H,3-4,6-7H2,1-2H3,(H2,12,13,14). The maximum atomic E-state index is 5.74. The number of rotatable bonds is 5. The van der Waals surface area contributed by atoms with E-state index in [9.17, 15) is 0 Å². The number of methoxy groups -OCH3 is 1. The Kier molecular flexibility index (Phi) is 3.24. The van der Waals surface area contributed by atoms with Crippen LogP contribution in [-0.4, -0.2) is 30.7 Å². The second-order valence-electron chi connectivity index (χ2n) is 4.32. The van der Waals surface area contributed by atoms with Crippen LogP contribution >= 0.6 is 0 Å². The Bertz CT molecular complexity index is 365. The molecular weight excluding hydrogens is 204 g/mol. The van der Waals surface area contributed by atoms with Gasteiger partial charge in [0.25, 0.3) is 0 Å². The summed E-state index contributed by atoms with van der Waals surface area (Å²) in [6, 6.07) is 1.81. The lowest BCUT2D eigenvalue weighted by atomic mass is 10.3. The van der Waals surface area contributed by atoms with Gasteiger partial charge in [0.2, 0.25) is 0 Å². The summed E-state index contributed by atoms with van der Waals surface area (Å²) in [4.78, 5) is 10.7. The molecule has 0 spiro atoms. The number of ether oxygens (including phenoxy) is 1. The molecule has 1 fully saturated rings. The molecule has 0 aliphatic heterocycles. The monoisotopic (exact) mass is 222 g/mol. The minimum Gasteiger partial charge on any atom is -0.384 e. The molecule has 1 saturated carbocycles. The summed E-state index contributed by atoms with van der Waals surface area (Å²) in [6.07, 6.45) is 2.66. The third-order valence-corrected chi connectivity index (χ3v) is 2.67. The van der Waals surface area contributed by atoms with E-state index in [-0.39, 0.29) is 0 Å². The van der Waals surface area contributed by atoms with Gasteiger partial charge in [-0.2, -0.15) is 0 Å². The highest BCUT2D eigenvalue weighted by molar-refractivity contribution is 5.46. The Morgan fingerprint density at radius 2 is 2.25 bits per heavy atom. The summed E-state index contributed by atoms with van der Waals surface area (Å²) in [5.74, 6) is 2.85. The third kappa shape index (κ3) is 2.82. The van der Waals surface area contributed by atoms with E-state index in [2.05, 4.69) is 14.9 Å². The summed E-state index contributed by atoms with van der Waals surface area (Å²) in [5.41, 5.74) is 5.74. The van der Waals surface area contributed by atoms with Crippen LogP contribution in [-0.2, 0) is 11.3 Å². The van der Waals surface area contributed by atoms with Crippen LogP contribution in [0.5, 0.6) is 0 Å². The van der Waals surface area contributed by atoms with Crippen LogP contribution in [0.1, 0.15) is 18.7 Å². The van der Waals surface area contributed by atoms with Crippen molar-refractivity contribution in [2.24, 2.45) is 5.92 Å². The second-order valence-corrected chi connectivity index (χ2v) is 4.32. The average Bonchev–Trinajstić information content (AvgIpc) is 3.01. The van der Waals surface area contributed by atoms with E-state index in [1.807, 2.05) is 13.1 Å². The highest BCUT2D eigenvalue weighted by Gasteiger charge is 2.23. The van der Waals surface area contributed by atoms with Crippen molar-refractivity contribution in [3.63, 3.8) is 0 Å². The molecule has 5 nitrogen and oxygen atoms in total. The molecule has 16 heavy (non-hydrogen) atoms. The van der Waals surface area contributed by atoms with E-state index < -0.39 is 0 Å². The third-order valence-electron chi connectivity index (χ3n) is 2.67. The molecule has 5 heteroatoms. The molecule has 1 aromatic rings. The fourth-order valence-corrected chi connectivity index (χ4v) is 1.67. The summed E-state index contributed by atoms with van der Waals surface area (Å²) in [5, 5.41) is 0. The number of hydrogen-bond donors (Lipinski definition) is 1. The van der Waals surface area contributed by atoms with Crippen molar-refractivity contribution in [3.8, 4) is 0 Å². The smallest absolute Gasteiger partial charge is 0.158 e. The molecular formula is C11H18N4O. The summed E-state index contributed by atoms with van der Waals surface area (Å²) in [7, 11) is 3.66. The predicted octanol–water partition coefficient (Wildman–Crippen LogP) is 1.05. The van der Waals surface area contributed by atoms with Crippen LogP contribution in [0.25, 0.3) is 0 Å². The zero-order chi connectivity index (χ0) is 11.5. The van der Waals surface area contributed by atoms with Crippen LogP contribution in [0.2, 0.25) is 0 Å². The van der Waals surface area contributed by atoms with Gasteiger partial charge in [-0.3, -0.25) is 0 Å². The van der Waals surface area contributed by atoms with E-state index in [4.69, 9.17) is 10.5 Å². The van der Waals surface area contributed by atoms with E-state index in [0.29, 0.717) is 18.2 Å². The molecule has 2 N–H and O–H groups in total. The Morgan fingerprint density at radius 1 is 1.50 bits per heavy atom. The molecule has 0 amide bonds. The molecule has 1 aliphatic rings. The van der Waals surface area contributed by atoms with Gasteiger partial charge in [0.05, 0.1) is 0 Å². The number of nitrogens with two attached hydrogens (primary N) is 1. The van der Waals surface area contributed by atoms with Gasteiger partial charge < -0.3 is 15.4 Å². The summed E-state index contributed by atoms with van der Waals surface area (Å²) >= 11 is 0. The van der Waals surface area contributed by atoms with Crippen molar-refractivity contribution in [2.75, 3.05) is 31.3 Å². The molecule has 0 radical (unpaired) electrons. The Labute approximate surface area is 95.6 Å². The molecule has 0 saturated heterocycles. The Balaban J connectivity index is 2.11. The molecule has 0 atom stereocenters. The number of nitrogens with zero attached hydrogens (tertiary/aromatic N) is 3. The van der Waals surface area contributed by atoms with Crippen LogP contribution in [0.15, 0.2) is 6.07 Å². The normalized spacial score (nSPS) is 15.1. The lowest BCUT2D eigenvalue weighted by Crippen LogP contribution is -2.22. The zero-order valence-corrected chi connectivity index (χ0v) is 9.81. The molecule has 2 rings (SSSR count). The highest BCUT2D eigenvalue weighted by Crippen LogP contribution is 2.30. The van der Waals surface area contributed by atoms with Gasteiger partial charge in [-0.15, -0.1) is 0 Å². The van der Waals surface area contributed by atoms with Crippen LogP contribution in [0.4, 0.5) is 11.6 Å². The van der Waals surface area contributed by atoms with Gasteiger partial charge in [-0.1, -0.05) is 0 Å². The van der Waals surface area contributed by atoms with Gasteiger partial charge in [-0.05, 0) is 18.8 Å². The van der Waals surface area contributed by atoms with Gasteiger partial charge >= 0.3 is 0 Å².